The number of halogens is 3. The average Bonchev–Trinajstić information content (AvgIpc) is 3.14. The first kappa shape index (κ1) is 19.9. The van der Waals surface area contributed by atoms with E-state index in [9.17, 15) is 23.1 Å². The van der Waals surface area contributed by atoms with Crippen molar-refractivity contribution in [1.82, 2.24) is 19.5 Å². The van der Waals surface area contributed by atoms with Crippen LogP contribution in [0.25, 0.3) is 11.2 Å². The van der Waals surface area contributed by atoms with E-state index in [2.05, 4.69) is 15.0 Å². The molecule has 0 spiro atoms. The van der Waals surface area contributed by atoms with Crippen molar-refractivity contribution in [2.75, 3.05) is 18.9 Å². The standard InChI is InChI=1S/C12H15F3N5O6P/c13-12(14,15)2-24-6-4(1-21)25-10(7(6)26-27-23)20-3-17-5-8(20)18-11(16)19-9(5)22/h3-4,6-7,10,21,23,27H,1-2H2,(H3,16,18,19,22). The smallest absolute Gasteiger partial charge is 0.394 e. The largest absolute Gasteiger partial charge is 0.411 e. The summed E-state index contributed by atoms with van der Waals surface area (Å²) in [6.07, 6.45) is -8.41. The minimum atomic E-state index is -4.62. The summed E-state index contributed by atoms with van der Waals surface area (Å²) < 4.78 is 54.3. The Morgan fingerprint density at radius 2 is 2.19 bits per heavy atom. The van der Waals surface area contributed by atoms with Gasteiger partial charge in [0.1, 0.15) is 24.9 Å². The molecule has 3 heterocycles. The van der Waals surface area contributed by atoms with Crippen molar-refractivity contribution in [3.63, 3.8) is 0 Å². The van der Waals surface area contributed by atoms with E-state index < -0.39 is 58.5 Å². The van der Waals surface area contributed by atoms with Gasteiger partial charge in [-0.15, -0.1) is 0 Å². The number of aliphatic hydroxyl groups is 1. The lowest BCUT2D eigenvalue weighted by Crippen LogP contribution is -2.39. The van der Waals surface area contributed by atoms with Gasteiger partial charge in [-0.05, 0) is 0 Å². The fraction of sp³-hybridized carbons (Fsp3) is 0.583. The number of aromatic amines is 1. The molecule has 1 aliphatic rings. The van der Waals surface area contributed by atoms with Crippen LogP contribution in [0, 0.1) is 0 Å². The third kappa shape index (κ3) is 4.05. The number of nitrogens with one attached hydrogen (secondary N) is 1. The molecule has 5 unspecified atom stereocenters. The minimum Gasteiger partial charge on any atom is -0.394 e. The summed E-state index contributed by atoms with van der Waals surface area (Å²) in [5.74, 6) is -0.211. The summed E-state index contributed by atoms with van der Waals surface area (Å²) in [4.78, 5) is 31.1. The van der Waals surface area contributed by atoms with Crippen molar-refractivity contribution >= 4 is 26.1 Å². The van der Waals surface area contributed by atoms with Gasteiger partial charge in [0.15, 0.2) is 26.4 Å². The molecule has 15 heteroatoms. The number of hydrogen-bond donors (Lipinski definition) is 4. The normalized spacial score (nSPS) is 26.6. The first-order chi connectivity index (χ1) is 12.7. The maximum Gasteiger partial charge on any atom is 0.411 e. The van der Waals surface area contributed by atoms with E-state index in [1.54, 1.807) is 0 Å². The van der Waals surface area contributed by atoms with E-state index in [1.807, 2.05) is 0 Å². The summed E-state index contributed by atoms with van der Waals surface area (Å²) in [6.45, 7) is -2.27. The van der Waals surface area contributed by atoms with Gasteiger partial charge in [-0.25, -0.2) is 4.98 Å². The quantitative estimate of drug-likeness (QED) is 0.455. The van der Waals surface area contributed by atoms with Gasteiger partial charge in [-0.1, -0.05) is 0 Å². The highest BCUT2D eigenvalue weighted by molar-refractivity contribution is 7.25. The van der Waals surface area contributed by atoms with Crippen LogP contribution in [0.3, 0.4) is 0 Å². The van der Waals surface area contributed by atoms with Crippen LogP contribution in [0.1, 0.15) is 6.23 Å². The average molecular weight is 413 g/mol. The maximum absolute atomic E-state index is 12.5. The number of aromatic nitrogens is 4. The lowest BCUT2D eigenvalue weighted by Gasteiger charge is -2.24. The van der Waals surface area contributed by atoms with Crippen LogP contribution >= 0.6 is 9.03 Å². The van der Waals surface area contributed by atoms with Gasteiger partial charge >= 0.3 is 6.18 Å². The van der Waals surface area contributed by atoms with Crippen molar-refractivity contribution in [2.24, 2.45) is 0 Å². The van der Waals surface area contributed by atoms with Gasteiger partial charge in [-0.3, -0.25) is 14.3 Å². The molecule has 0 radical (unpaired) electrons. The van der Waals surface area contributed by atoms with Gasteiger partial charge in [-0.2, -0.15) is 18.2 Å². The fourth-order valence-corrected chi connectivity index (χ4v) is 3.16. The van der Waals surface area contributed by atoms with Crippen LogP contribution in [0.5, 0.6) is 0 Å². The molecule has 0 saturated carbocycles. The molecule has 2 aromatic heterocycles. The summed E-state index contributed by atoms with van der Waals surface area (Å²) in [5.41, 5.74) is 4.79. The molecule has 2 aromatic rings. The Bertz CT molecular complexity index is 860. The summed E-state index contributed by atoms with van der Waals surface area (Å²) in [6, 6.07) is 0. The molecule has 5 atom stereocenters. The highest BCUT2D eigenvalue weighted by Gasteiger charge is 2.49. The third-order valence-corrected chi connectivity index (χ3v) is 4.20. The Hall–Kier alpha value is -1.83. The number of alkyl halides is 3. The molecule has 11 nitrogen and oxygen atoms in total. The number of fused-ring (bicyclic) bond motifs is 1. The molecule has 3 rings (SSSR count). The van der Waals surface area contributed by atoms with Crippen LogP contribution < -0.4 is 11.3 Å². The topological polar surface area (TPSA) is 158 Å². The molecule has 0 aliphatic carbocycles. The second kappa shape index (κ2) is 7.66. The molecule has 1 fully saturated rings. The predicted molar refractivity (Wildman–Crippen MR) is 84.8 cm³/mol. The minimum absolute atomic E-state index is 0.00992. The van der Waals surface area contributed by atoms with Crippen molar-refractivity contribution in [2.45, 2.75) is 30.7 Å². The molecule has 1 aliphatic heterocycles. The molecule has 27 heavy (non-hydrogen) atoms. The first-order valence-corrected chi connectivity index (χ1v) is 8.32. The Balaban J connectivity index is 1.98. The Labute approximate surface area is 150 Å². The highest BCUT2D eigenvalue weighted by Crippen LogP contribution is 2.38. The van der Waals surface area contributed by atoms with Gasteiger partial charge in [0, 0.05) is 0 Å². The molecule has 0 aromatic carbocycles. The molecule has 150 valence electrons. The zero-order chi connectivity index (χ0) is 19.8. The molecular weight excluding hydrogens is 398 g/mol. The van der Waals surface area contributed by atoms with Gasteiger partial charge in [0.2, 0.25) is 5.95 Å². The number of nitrogen functional groups attached to an aromatic ring is 1. The van der Waals surface area contributed by atoms with Crippen molar-refractivity contribution < 1.29 is 37.2 Å². The lowest BCUT2D eigenvalue weighted by molar-refractivity contribution is -0.196. The first-order valence-electron chi connectivity index (χ1n) is 7.47. The number of hydrogen-bond acceptors (Lipinski definition) is 9. The SMILES string of the molecule is Nc1nc2c(ncn2C2OC(CO)C(OCC(F)(F)F)C2OPO)c(=O)[nH]1. The number of H-pyrrole nitrogens is 1. The summed E-state index contributed by atoms with van der Waals surface area (Å²) in [5, 5.41) is 9.45. The second-order valence-corrected chi connectivity index (χ2v) is 6.01. The number of rotatable bonds is 6. The molecule has 0 bridgehead atoms. The van der Waals surface area contributed by atoms with E-state index in [4.69, 9.17) is 24.6 Å². The molecular formula is C12H15F3N5O6P. The van der Waals surface area contributed by atoms with Crippen molar-refractivity contribution in [3.8, 4) is 0 Å². The van der Waals surface area contributed by atoms with Gasteiger partial charge in [0.25, 0.3) is 5.56 Å². The van der Waals surface area contributed by atoms with E-state index in [1.165, 1.54) is 4.57 Å². The Kier molecular flexibility index (Phi) is 5.65. The molecule has 0 amide bonds. The molecule has 5 N–H and O–H groups in total. The highest BCUT2D eigenvalue weighted by atomic mass is 31.1. The van der Waals surface area contributed by atoms with Crippen molar-refractivity contribution in [1.29, 1.82) is 0 Å². The van der Waals surface area contributed by atoms with Crippen LogP contribution in [-0.4, -0.2) is 67.2 Å². The zero-order valence-corrected chi connectivity index (χ0v) is 14.4. The van der Waals surface area contributed by atoms with Crippen LogP contribution in [0.15, 0.2) is 11.1 Å². The third-order valence-electron chi connectivity index (χ3n) is 3.82. The number of nitrogens with zero attached hydrogens (tertiary/aromatic N) is 3. The van der Waals surface area contributed by atoms with E-state index in [0.717, 1.165) is 6.33 Å². The van der Waals surface area contributed by atoms with E-state index >= 15 is 0 Å². The lowest BCUT2D eigenvalue weighted by atomic mass is 10.1. The molecule has 1 saturated heterocycles. The maximum atomic E-state index is 12.5. The number of anilines is 1. The van der Waals surface area contributed by atoms with Crippen LogP contribution in [-0.2, 0) is 14.0 Å². The summed E-state index contributed by atoms with van der Waals surface area (Å²) >= 11 is 0. The number of aliphatic hydroxyl groups excluding tert-OH is 1. The van der Waals surface area contributed by atoms with Gasteiger partial charge < -0.3 is 29.7 Å². The second-order valence-electron chi connectivity index (χ2n) is 5.59. The number of nitrogens with two attached hydrogens (primary N) is 1. The van der Waals surface area contributed by atoms with Crippen LogP contribution in [0.2, 0.25) is 0 Å². The predicted octanol–water partition coefficient (Wildman–Crippen LogP) is -0.575. The Morgan fingerprint density at radius 1 is 1.44 bits per heavy atom. The van der Waals surface area contributed by atoms with Crippen LogP contribution in [0.4, 0.5) is 19.1 Å². The zero-order valence-electron chi connectivity index (χ0n) is 13.4. The van der Waals surface area contributed by atoms with Gasteiger partial charge in [0.05, 0.1) is 12.9 Å². The Morgan fingerprint density at radius 3 is 2.81 bits per heavy atom. The monoisotopic (exact) mass is 413 g/mol. The fourth-order valence-electron chi connectivity index (χ4n) is 2.79. The number of imidazole rings is 1. The van der Waals surface area contributed by atoms with E-state index in [-0.39, 0.29) is 17.1 Å². The summed E-state index contributed by atoms with van der Waals surface area (Å²) in [7, 11) is -1.10. The van der Waals surface area contributed by atoms with E-state index in [0.29, 0.717) is 0 Å². The van der Waals surface area contributed by atoms with Crippen molar-refractivity contribution in [3.05, 3.63) is 16.7 Å². The number of ether oxygens (including phenoxy) is 2.